The first-order valence-electron chi connectivity index (χ1n) is 10.2. The normalized spacial score (nSPS) is 20.1. The van der Waals surface area contributed by atoms with Gasteiger partial charge in [-0.3, -0.25) is 24.2 Å². The molecule has 1 atom stereocenters. The zero-order valence-corrected chi connectivity index (χ0v) is 16.2. The highest BCUT2D eigenvalue weighted by atomic mass is 16.1. The van der Waals surface area contributed by atoms with Crippen LogP contribution in [0.3, 0.4) is 0 Å². The van der Waals surface area contributed by atoms with Gasteiger partial charge in [0.05, 0.1) is 28.3 Å². The van der Waals surface area contributed by atoms with Crippen molar-refractivity contribution in [2.24, 2.45) is 5.92 Å². The Morgan fingerprint density at radius 2 is 1.93 bits per heavy atom. The number of aryl methyl sites for hydroxylation is 1. The molecule has 1 aliphatic carbocycles. The molecular weight excluding hydrogens is 350 g/mol. The molecule has 0 radical (unpaired) electrons. The molecular formula is C22H25N5O. The first-order chi connectivity index (χ1) is 13.7. The molecule has 0 bridgehead atoms. The lowest BCUT2D eigenvalue weighted by Crippen LogP contribution is -2.33. The van der Waals surface area contributed by atoms with Crippen molar-refractivity contribution in [2.75, 3.05) is 6.54 Å². The van der Waals surface area contributed by atoms with Crippen molar-refractivity contribution in [2.45, 2.75) is 51.7 Å². The summed E-state index contributed by atoms with van der Waals surface area (Å²) in [6, 6.07) is 7.88. The Morgan fingerprint density at radius 1 is 1.11 bits per heavy atom. The summed E-state index contributed by atoms with van der Waals surface area (Å²) in [5.41, 5.74) is 2.88. The fraction of sp³-hybridized carbons (Fsp3) is 0.455. The summed E-state index contributed by atoms with van der Waals surface area (Å²) in [4.78, 5) is 29.6. The quantitative estimate of drug-likeness (QED) is 0.685. The van der Waals surface area contributed by atoms with Crippen LogP contribution < -0.4 is 5.56 Å². The van der Waals surface area contributed by atoms with Crippen LogP contribution in [-0.4, -0.2) is 31.0 Å². The molecule has 144 valence electrons. The van der Waals surface area contributed by atoms with Gasteiger partial charge in [-0.2, -0.15) is 0 Å². The molecule has 3 heterocycles. The number of aromatic nitrogens is 4. The van der Waals surface area contributed by atoms with E-state index >= 15 is 0 Å². The predicted molar refractivity (Wildman–Crippen MR) is 108 cm³/mol. The Morgan fingerprint density at radius 3 is 2.75 bits per heavy atom. The number of hydrogen-bond donors (Lipinski definition) is 0. The number of likely N-dealkylation sites (tertiary alicyclic amines) is 1. The molecule has 5 rings (SSSR count). The van der Waals surface area contributed by atoms with E-state index in [2.05, 4.69) is 14.9 Å². The van der Waals surface area contributed by atoms with E-state index in [9.17, 15) is 4.79 Å². The molecule has 2 aromatic heterocycles. The van der Waals surface area contributed by atoms with E-state index in [1.807, 2.05) is 35.8 Å². The van der Waals surface area contributed by atoms with Gasteiger partial charge in [0.15, 0.2) is 0 Å². The van der Waals surface area contributed by atoms with Gasteiger partial charge >= 0.3 is 0 Å². The van der Waals surface area contributed by atoms with Crippen LogP contribution in [0.1, 0.15) is 48.9 Å². The van der Waals surface area contributed by atoms with E-state index < -0.39 is 0 Å². The number of rotatable bonds is 5. The van der Waals surface area contributed by atoms with E-state index in [-0.39, 0.29) is 11.6 Å². The van der Waals surface area contributed by atoms with Gasteiger partial charge in [-0.05, 0) is 57.2 Å². The molecule has 0 N–H and O–H groups in total. The van der Waals surface area contributed by atoms with E-state index in [1.54, 1.807) is 12.4 Å². The first-order valence-corrected chi connectivity index (χ1v) is 10.2. The third-order valence-electron chi connectivity index (χ3n) is 6.03. The fourth-order valence-corrected chi connectivity index (χ4v) is 4.27. The fourth-order valence-electron chi connectivity index (χ4n) is 4.27. The molecule has 2 fully saturated rings. The van der Waals surface area contributed by atoms with E-state index in [1.165, 1.54) is 12.8 Å². The Bertz CT molecular complexity index is 1070. The number of nitrogens with zero attached hydrogens (tertiary/aromatic N) is 5. The summed E-state index contributed by atoms with van der Waals surface area (Å²) in [6.07, 6.45) is 8.05. The van der Waals surface area contributed by atoms with Gasteiger partial charge in [-0.1, -0.05) is 12.1 Å². The minimum absolute atomic E-state index is 0.107. The highest BCUT2D eigenvalue weighted by Gasteiger charge is 2.32. The standard InChI is InChI=1S/C22H25N5O/c1-15-19(24-11-10-23-15)14-26-12-4-7-20(26)21-25-18-6-3-2-5-17(18)22(28)27(21)13-16-8-9-16/h2-3,5-6,10-11,16,20H,4,7-9,12-14H2,1H3. The van der Waals surface area contributed by atoms with Crippen molar-refractivity contribution < 1.29 is 0 Å². The summed E-state index contributed by atoms with van der Waals surface area (Å²) in [6.45, 7) is 4.54. The second-order valence-corrected chi connectivity index (χ2v) is 8.06. The molecule has 6 nitrogen and oxygen atoms in total. The van der Waals surface area contributed by atoms with Crippen molar-refractivity contribution in [3.8, 4) is 0 Å². The SMILES string of the molecule is Cc1nccnc1CN1CCCC1c1nc2ccccc2c(=O)n1CC1CC1. The van der Waals surface area contributed by atoms with Crippen molar-refractivity contribution in [1.29, 1.82) is 0 Å². The Hall–Kier alpha value is -2.60. The van der Waals surface area contributed by atoms with Gasteiger partial charge in [0.1, 0.15) is 5.82 Å². The number of benzene rings is 1. The molecule has 1 saturated carbocycles. The molecule has 28 heavy (non-hydrogen) atoms. The van der Waals surface area contributed by atoms with Gasteiger partial charge in [0.25, 0.3) is 5.56 Å². The zero-order valence-electron chi connectivity index (χ0n) is 16.2. The van der Waals surface area contributed by atoms with Crippen molar-refractivity contribution in [3.63, 3.8) is 0 Å². The predicted octanol–water partition coefficient (Wildman–Crippen LogP) is 3.24. The summed E-state index contributed by atoms with van der Waals surface area (Å²) in [5, 5.41) is 0.723. The number of fused-ring (bicyclic) bond motifs is 1. The lowest BCUT2D eigenvalue weighted by Gasteiger charge is -2.26. The second kappa shape index (κ2) is 7.09. The largest absolute Gasteiger partial charge is 0.295 e. The van der Waals surface area contributed by atoms with Crippen LogP contribution in [0.15, 0.2) is 41.5 Å². The van der Waals surface area contributed by atoms with Gasteiger partial charge < -0.3 is 0 Å². The van der Waals surface area contributed by atoms with Gasteiger partial charge in [-0.15, -0.1) is 0 Å². The van der Waals surface area contributed by atoms with Gasteiger partial charge in [-0.25, -0.2) is 4.98 Å². The Balaban J connectivity index is 1.56. The third-order valence-corrected chi connectivity index (χ3v) is 6.03. The van der Waals surface area contributed by atoms with Crippen molar-refractivity contribution in [3.05, 3.63) is 64.2 Å². The molecule has 6 heteroatoms. The average Bonchev–Trinajstić information content (AvgIpc) is 3.42. The summed E-state index contributed by atoms with van der Waals surface area (Å²) in [5.74, 6) is 1.55. The van der Waals surface area contributed by atoms with Crippen LogP contribution in [-0.2, 0) is 13.1 Å². The minimum Gasteiger partial charge on any atom is -0.295 e. The topological polar surface area (TPSA) is 63.9 Å². The van der Waals surface area contributed by atoms with Crippen LogP contribution in [0.5, 0.6) is 0 Å². The summed E-state index contributed by atoms with van der Waals surface area (Å²) >= 11 is 0. The molecule has 1 aliphatic heterocycles. The molecule has 0 amide bonds. The van der Waals surface area contributed by atoms with E-state index in [0.717, 1.165) is 60.6 Å². The molecule has 1 aromatic carbocycles. The third kappa shape index (κ3) is 3.22. The number of para-hydroxylation sites is 1. The molecule has 2 aliphatic rings. The lowest BCUT2D eigenvalue weighted by molar-refractivity contribution is 0.229. The number of hydrogen-bond acceptors (Lipinski definition) is 5. The van der Waals surface area contributed by atoms with Crippen molar-refractivity contribution >= 4 is 10.9 Å². The molecule has 3 aromatic rings. The van der Waals surface area contributed by atoms with E-state index in [4.69, 9.17) is 4.98 Å². The van der Waals surface area contributed by atoms with Gasteiger partial charge in [0, 0.05) is 25.5 Å². The molecule has 1 unspecified atom stereocenters. The maximum absolute atomic E-state index is 13.3. The van der Waals surface area contributed by atoms with Crippen LogP contribution in [0.2, 0.25) is 0 Å². The Labute approximate surface area is 164 Å². The van der Waals surface area contributed by atoms with Crippen LogP contribution in [0, 0.1) is 12.8 Å². The van der Waals surface area contributed by atoms with Gasteiger partial charge in [0.2, 0.25) is 0 Å². The highest BCUT2D eigenvalue weighted by molar-refractivity contribution is 5.77. The van der Waals surface area contributed by atoms with Crippen LogP contribution in [0.25, 0.3) is 10.9 Å². The zero-order chi connectivity index (χ0) is 19.1. The lowest BCUT2D eigenvalue weighted by atomic mass is 10.1. The maximum Gasteiger partial charge on any atom is 0.261 e. The van der Waals surface area contributed by atoms with Crippen molar-refractivity contribution in [1.82, 2.24) is 24.4 Å². The Kier molecular flexibility index (Phi) is 4.43. The molecule has 0 spiro atoms. The molecule has 1 saturated heterocycles. The summed E-state index contributed by atoms with van der Waals surface area (Å²) in [7, 11) is 0. The monoisotopic (exact) mass is 375 g/mol. The van der Waals surface area contributed by atoms with Crippen LogP contribution >= 0.6 is 0 Å². The highest BCUT2D eigenvalue weighted by Crippen LogP contribution is 2.35. The average molecular weight is 375 g/mol. The second-order valence-electron chi connectivity index (χ2n) is 8.06. The summed E-state index contributed by atoms with van der Waals surface area (Å²) < 4.78 is 1.96. The smallest absolute Gasteiger partial charge is 0.261 e. The first kappa shape index (κ1) is 17.5. The maximum atomic E-state index is 13.3. The van der Waals surface area contributed by atoms with E-state index in [0.29, 0.717) is 5.92 Å². The van der Waals surface area contributed by atoms with Crippen LogP contribution in [0.4, 0.5) is 0 Å². The minimum atomic E-state index is 0.107.